The molecule has 0 aliphatic carbocycles. The number of hydrogen-bond donors (Lipinski definition) is 1. The van der Waals surface area contributed by atoms with Gasteiger partial charge in [-0.05, 0) is 53.8 Å². The van der Waals surface area contributed by atoms with Gasteiger partial charge in [0.05, 0.1) is 5.92 Å². The van der Waals surface area contributed by atoms with Crippen molar-refractivity contribution in [1.82, 2.24) is 9.88 Å². The molecule has 1 aliphatic rings. The van der Waals surface area contributed by atoms with E-state index in [1.165, 1.54) is 16.7 Å². The maximum Gasteiger partial charge on any atom is 0.309 e. The number of benzene rings is 3. The van der Waals surface area contributed by atoms with Gasteiger partial charge in [-0.15, -0.1) is 0 Å². The summed E-state index contributed by atoms with van der Waals surface area (Å²) in [6, 6.07) is 22.9. The molecule has 1 saturated heterocycles. The largest absolute Gasteiger partial charge is 0.481 e. The third-order valence-electron chi connectivity index (χ3n) is 5.94. The molecule has 0 unspecified atom stereocenters. The number of nitrogens with zero attached hydrogens (tertiary/aromatic N) is 2. The van der Waals surface area contributed by atoms with Crippen LogP contribution in [0.4, 0.5) is 0 Å². The molecule has 5 rings (SSSR count). The normalized spacial score (nSPS) is 14.6. The Kier molecular flexibility index (Phi) is 5.04. The second-order valence-corrected chi connectivity index (χ2v) is 8.36. The number of fused-ring (bicyclic) bond motifs is 1. The van der Waals surface area contributed by atoms with Crippen molar-refractivity contribution in [2.24, 2.45) is 5.92 Å². The van der Waals surface area contributed by atoms with E-state index >= 15 is 0 Å². The first-order chi connectivity index (χ1) is 15.0. The number of aromatic nitrogens is 1. The number of carboxylic acid groups (broad SMARTS) is 1. The van der Waals surface area contributed by atoms with E-state index in [1.54, 1.807) is 0 Å². The van der Waals surface area contributed by atoms with Crippen LogP contribution >= 0.6 is 0 Å². The van der Waals surface area contributed by atoms with Crippen LogP contribution in [-0.4, -0.2) is 34.0 Å². The zero-order valence-electron chi connectivity index (χ0n) is 17.4. The summed E-state index contributed by atoms with van der Waals surface area (Å²) in [6.07, 6.45) is 0.861. The van der Waals surface area contributed by atoms with Gasteiger partial charge in [-0.3, -0.25) is 9.69 Å². The van der Waals surface area contributed by atoms with Crippen LogP contribution in [0.15, 0.2) is 71.1 Å². The van der Waals surface area contributed by atoms with Crippen molar-refractivity contribution in [3.8, 4) is 11.5 Å². The van der Waals surface area contributed by atoms with Gasteiger partial charge in [0.15, 0.2) is 5.58 Å². The molecule has 31 heavy (non-hydrogen) atoms. The fraction of sp³-hybridized carbons (Fsp3) is 0.231. The number of likely N-dealkylation sites (tertiary alicyclic amines) is 1. The van der Waals surface area contributed by atoms with Crippen molar-refractivity contribution in [2.75, 3.05) is 13.1 Å². The Balaban J connectivity index is 1.33. The minimum atomic E-state index is -0.703. The third kappa shape index (κ3) is 4.09. The lowest BCUT2D eigenvalue weighted by molar-refractivity contribution is -0.147. The smallest absolute Gasteiger partial charge is 0.309 e. The maximum atomic E-state index is 11.0. The Morgan fingerprint density at radius 1 is 1.03 bits per heavy atom. The lowest BCUT2D eigenvalue weighted by Gasteiger charge is -2.36. The first kappa shape index (κ1) is 19.5. The standard InChI is InChI=1S/C26H24N2O3/c1-17-11-20(14-28-15-21(16-28)26(29)30)7-9-22(17)25-27-23-10-8-19(13-24(23)31-25)12-18-5-3-2-4-6-18/h2-11,13,21H,12,14-16H2,1H3,(H,29,30). The van der Waals surface area contributed by atoms with E-state index in [4.69, 9.17) is 14.5 Å². The Morgan fingerprint density at radius 3 is 2.55 bits per heavy atom. The van der Waals surface area contributed by atoms with Crippen LogP contribution in [-0.2, 0) is 17.8 Å². The first-order valence-corrected chi connectivity index (χ1v) is 10.5. The summed E-state index contributed by atoms with van der Waals surface area (Å²) >= 11 is 0. The van der Waals surface area contributed by atoms with E-state index in [1.807, 2.05) is 12.1 Å². The lowest BCUT2D eigenvalue weighted by atomic mass is 9.98. The molecule has 0 atom stereocenters. The van der Waals surface area contributed by atoms with Crippen LogP contribution < -0.4 is 0 Å². The highest BCUT2D eigenvalue weighted by molar-refractivity contribution is 5.77. The molecule has 156 valence electrons. The molecule has 1 aliphatic heterocycles. The van der Waals surface area contributed by atoms with Gasteiger partial charge in [0.2, 0.25) is 5.89 Å². The van der Waals surface area contributed by atoms with E-state index in [9.17, 15) is 4.79 Å². The molecule has 0 spiro atoms. The van der Waals surface area contributed by atoms with Crippen molar-refractivity contribution < 1.29 is 14.3 Å². The summed E-state index contributed by atoms with van der Waals surface area (Å²) in [4.78, 5) is 17.8. The minimum absolute atomic E-state index is 0.230. The van der Waals surface area contributed by atoms with Crippen molar-refractivity contribution in [1.29, 1.82) is 0 Å². The highest BCUT2D eigenvalue weighted by Crippen LogP contribution is 2.29. The van der Waals surface area contributed by atoms with Gasteiger partial charge >= 0.3 is 5.97 Å². The van der Waals surface area contributed by atoms with Gasteiger partial charge < -0.3 is 9.52 Å². The predicted octanol–water partition coefficient (Wildman–Crippen LogP) is 4.91. The average molecular weight is 412 g/mol. The fourth-order valence-electron chi connectivity index (χ4n) is 4.20. The summed E-state index contributed by atoms with van der Waals surface area (Å²) in [7, 11) is 0. The summed E-state index contributed by atoms with van der Waals surface area (Å²) in [5.41, 5.74) is 7.38. The van der Waals surface area contributed by atoms with Crippen LogP contribution in [0.25, 0.3) is 22.6 Å². The topological polar surface area (TPSA) is 66.6 Å². The summed E-state index contributed by atoms with van der Waals surface area (Å²) in [5.74, 6) is -0.302. The quantitative estimate of drug-likeness (QED) is 0.487. The van der Waals surface area contributed by atoms with E-state index in [0.29, 0.717) is 19.0 Å². The SMILES string of the molecule is Cc1cc(CN2CC(C(=O)O)C2)ccc1-c1nc2ccc(Cc3ccccc3)cc2o1. The van der Waals surface area contributed by atoms with Crippen LogP contribution in [0.5, 0.6) is 0 Å². The molecule has 0 amide bonds. The summed E-state index contributed by atoms with van der Waals surface area (Å²) in [6.45, 7) is 4.06. The molecule has 0 saturated carbocycles. The molecule has 4 aromatic rings. The van der Waals surface area contributed by atoms with E-state index in [0.717, 1.165) is 35.2 Å². The molecule has 0 radical (unpaired) electrons. The van der Waals surface area contributed by atoms with Gasteiger partial charge in [0.25, 0.3) is 0 Å². The molecule has 3 aromatic carbocycles. The number of oxazole rings is 1. The van der Waals surface area contributed by atoms with Gasteiger partial charge in [0, 0.05) is 25.2 Å². The lowest BCUT2D eigenvalue weighted by Crippen LogP contribution is -2.49. The van der Waals surface area contributed by atoms with Gasteiger partial charge in [-0.2, -0.15) is 0 Å². The van der Waals surface area contributed by atoms with Crippen molar-refractivity contribution in [3.63, 3.8) is 0 Å². The van der Waals surface area contributed by atoms with E-state index in [2.05, 4.69) is 66.4 Å². The number of hydrogen-bond acceptors (Lipinski definition) is 4. The Morgan fingerprint density at radius 2 is 1.81 bits per heavy atom. The second kappa shape index (κ2) is 8.00. The monoisotopic (exact) mass is 412 g/mol. The molecular formula is C26H24N2O3. The Bertz CT molecular complexity index is 1240. The predicted molar refractivity (Wildman–Crippen MR) is 120 cm³/mol. The molecule has 1 aromatic heterocycles. The van der Waals surface area contributed by atoms with E-state index in [-0.39, 0.29) is 5.92 Å². The van der Waals surface area contributed by atoms with Crippen molar-refractivity contribution in [2.45, 2.75) is 19.9 Å². The van der Waals surface area contributed by atoms with Crippen molar-refractivity contribution >= 4 is 17.1 Å². The van der Waals surface area contributed by atoms with Crippen LogP contribution in [0.1, 0.15) is 22.3 Å². The van der Waals surface area contributed by atoms with Gasteiger partial charge in [-0.1, -0.05) is 48.5 Å². The highest BCUT2D eigenvalue weighted by atomic mass is 16.4. The zero-order chi connectivity index (χ0) is 21.4. The van der Waals surface area contributed by atoms with Crippen molar-refractivity contribution in [3.05, 3.63) is 89.0 Å². The Labute approximate surface area is 181 Å². The maximum absolute atomic E-state index is 11.0. The van der Waals surface area contributed by atoms with Gasteiger partial charge in [0.1, 0.15) is 5.52 Å². The molecule has 1 N–H and O–H groups in total. The van der Waals surface area contributed by atoms with Crippen LogP contribution in [0, 0.1) is 12.8 Å². The molecule has 5 heteroatoms. The number of aliphatic carboxylic acids is 1. The third-order valence-corrected chi connectivity index (χ3v) is 5.94. The number of rotatable bonds is 6. The van der Waals surface area contributed by atoms with Gasteiger partial charge in [-0.25, -0.2) is 4.98 Å². The number of carboxylic acids is 1. The van der Waals surface area contributed by atoms with Crippen LogP contribution in [0.2, 0.25) is 0 Å². The molecule has 2 heterocycles. The van der Waals surface area contributed by atoms with E-state index < -0.39 is 5.97 Å². The molecule has 0 bridgehead atoms. The van der Waals surface area contributed by atoms with Crippen LogP contribution in [0.3, 0.4) is 0 Å². The first-order valence-electron chi connectivity index (χ1n) is 10.5. The molecular weight excluding hydrogens is 388 g/mol. The Hall–Kier alpha value is -3.44. The summed E-state index contributed by atoms with van der Waals surface area (Å²) in [5, 5.41) is 9.03. The molecule has 1 fully saturated rings. The second-order valence-electron chi connectivity index (χ2n) is 8.36. The minimum Gasteiger partial charge on any atom is -0.481 e. The highest BCUT2D eigenvalue weighted by Gasteiger charge is 2.32. The zero-order valence-corrected chi connectivity index (χ0v) is 17.4. The number of carbonyl (C=O) groups is 1. The summed E-state index contributed by atoms with van der Waals surface area (Å²) < 4.78 is 6.12. The molecule has 5 nitrogen and oxygen atoms in total. The average Bonchev–Trinajstić information content (AvgIpc) is 3.14. The fourth-order valence-corrected chi connectivity index (χ4v) is 4.20. The number of aryl methyl sites for hydroxylation is 1.